The summed E-state index contributed by atoms with van der Waals surface area (Å²) in [6.07, 6.45) is 0. The highest BCUT2D eigenvalue weighted by atomic mass is 16.1. The molecule has 2 N–H and O–H groups in total. The highest BCUT2D eigenvalue weighted by Crippen LogP contribution is 2.15. The van der Waals surface area contributed by atoms with Crippen LogP contribution in [0.15, 0.2) is 36.4 Å². The number of anilines is 1. The molecule has 0 atom stereocenters. The van der Waals surface area contributed by atoms with E-state index in [1.807, 2.05) is 6.07 Å². The Morgan fingerprint density at radius 1 is 1.04 bits per heavy atom. The second kappa shape index (κ2) is 6.75. The molecule has 2 aromatic rings. The van der Waals surface area contributed by atoms with Gasteiger partial charge in [0.05, 0.1) is 0 Å². The Hall–Kier alpha value is -2.47. The van der Waals surface area contributed by atoms with Crippen LogP contribution in [0.1, 0.15) is 21.6 Å². The van der Waals surface area contributed by atoms with Crippen LogP contribution < -0.4 is 10.6 Å². The predicted octanol–water partition coefficient (Wildman–Crippen LogP) is 1.21. The molecule has 0 radical (unpaired) electrons. The van der Waals surface area contributed by atoms with Crippen molar-refractivity contribution < 1.29 is 4.79 Å². The van der Waals surface area contributed by atoms with Crippen LogP contribution in [-0.2, 0) is 6.54 Å². The Morgan fingerprint density at radius 2 is 1.74 bits per heavy atom. The van der Waals surface area contributed by atoms with Crippen LogP contribution in [0.25, 0.3) is 0 Å². The van der Waals surface area contributed by atoms with Gasteiger partial charge in [0, 0.05) is 32.7 Å². The smallest absolute Gasteiger partial charge is 0.269 e. The molecule has 0 spiro atoms. The van der Waals surface area contributed by atoms with Crippen molar-refractivity contribution in [3.63, 3.8) is 0 Å². The van der Waals surface area contributed by atoms with E-state index < -0.39 is 5.91 Å². The summed E-state index contributed by atoms with van der Waals surface area (Å²) in [5.74, 6) is 0.247. The molecule has 1 aliphatic rings. The Morgan fingerprint density at radius 3 is 2.30 bits per heavy atom. The van der Waals surface area contributed by atoms with Crippen LogP contribution >= 0.6 is 0 Å². The lowest BCUT2D eigenvalue weighted by Crippen LogP contribution is -2.46. The number of nitrogens with zero attached hydrogens (tertiary/aromatic N) is 4. The summed E-state index contributed by atoms with van der Waals surface area (Å²) in [5.41, 5.74) is 8.01. The fraction of sp³-hybridized carbons (Fsp3) is 0.353. The van der Waals surface area contributed by atoms with Crippen LogP contribution in [0.4, 0.5) is 5.82 Å². The minimum Gasteiger partial charge on any atom is -0.364 e. The van der Waals surface area contributed by atoms with Gasteiger partial charge in [-0.15, -0.1) is 10.2 Å². The maximum Gasteiger partial charge on any atom is 0.269 e. The molecule has 1 aromatic heterocycles. The molecule has 1 amide bonds. The molecule has 2 heterocycles. The van der Waals surface area contributed by atoms with Crippen molar-refractivity contribution in [2.75, 3.05) is 31.1 Å². The first kappa shape index (κ1) is 15.4. The second-order valence-electron chi connectivity index (χ2n) is 5.89. The van der Waals surface area contributed by atoms with E-state index in [9.17, 15) is 4.79 Å². The number of carbonyl (C=O) groups excluding carboxylic acids is 1. The van der Waals surface area contributed by atoms with E-state index in [0.717, 1.165) is 38.5 Å². The molecule has 1 aliphatic heterocycles. The maximum absolute atomic E-state index is 11.0. The van der Waals surface area contributed by atoms with E-state index in [2.05, 4.69) is 51.2 Å². The van der Waals surface area contributed by atoms with Crippen LogP contribution in [0.2, 0.25) is 0 Å². The van der Waals surface area contributed by atoms with E-state index in [1.165, 1.54) is 11.1 Å². The number of aryl methyl sites for hydroxylation is 1. The number of nitrogens with two attached hydrogens (primary N) is 1. The van der Waals surface area contributed by atoms with Gasteiger partial charge in [-0.25, -0.2) is 0 Å². The lowest BCUT2D eigenvalue weighted by Gasteiger charge is -2.35. The molecule has 120 valence electrons. The van der Waals surface area contributed by atoms with Gasteiger partial charge in [-0.3, -0.25) is 9.69 Å². The van der Waals surface area contributed by atoms with Gasteiger partial charge in [0.25, 0.3) is 5.91 Å². The number of aromatic nitrogens is 2. The molecule has 0 saturated carbocycles. The summed E-state index contributed by atoms with van der Waals surface area (Å²) in [5, 5.41) is 7.97. The molecule has 0 bridgehead atoms. The molecule has 3 rings (SSSR count). The Balaban J connectivity index is 1.55. The predicted molar refractivity (Wildman–Crippen MR) is 89.2 cm³/mol. The highest BCUT2D eigenvalue weighted by molar-refractivity contribution is 5.90. The fourth-order valence-corrected chi connectivity index (χ4v) is 2.71. The molecule has 1 saturated heterocycles. The van der Waals surface area contributed by atoms with E-state index in [1.54, 1.807) is 6.07 Å². The van der Waals surface area contributed by atoms with E-state index in [-0.39, 0.29) is 5.69 Å². The summed E-state index contributed by atoms with van der Waals surface area (Å²) in [7, 11) is 0. The summed E-state index contributed by atoms with van der Waals surface area (Å²) in [4.78, 5) is 15.6. The van der Waals surface area contributed by atoms with Crippen LogP contribution in [0, 0.1) is 6.92 Å². The molecule has 6 nitrogen and oxygen atoms in total. The number of piperazine rings is 1. The van der Waals surface area contributed by atoms with Crippen molar-refractivity contribution in [3.8, 4) is 0 Å². The normalized spacial score (nSPS) is 15.6. The third-order valence-corrected chi connectivity index (χ3v) is 4.13. The highest BCUT2D eigenvalue weighted by Gasteiger charge is 2.18. The lowest BCUT2D eigenvalue weighted by molar-refractivity contribution is 0.0994. The van der Waals surface area contributed by atoms with Gasteiger partial charge in [0.1, 0.15) is 0 Å². The molecular formula is C17H21N5O. The van der Waals surface area contributed by atoms with Crippen molar-refractivity contribution in [2.24, 2.45) is 5.73 Å². The standard InChI is InChI=1S/C17H21N5O/c1-13-2-4-14(5-3-13)12-21-8-10-22(11-9-21)16-7-6-15(17(18)23)19-20-16/h2-7H,8-12H2,1H3,(H2,18,23). The lowest BCUT2D eigenvalue weighted by atomic mass is 10.1. The first-order chi connectivity index (χ1) is 11.1. The molecule has 1 fully saturated rings. The zero-order valence-electron chi connectivity index (χ0n) is 13.3. The number of benzene rings is 1. The van der Waals surface area contributed by atoms with Gasteiger partial charge in [-0.1, -0.05) is 29.8 Å². The monoisotopic (exact) mass is 311 g/mol. The van der Waals surface area contributed by atoms with Crippen molar-refractivity contribution in [1.29, 1.82) is 0 Å². The van der Waals surface area contributed by atoms with Crippen molar-refractivity contribution in [1.82, 2.24) is 15.1 Å². The Kier molecular flexibility index (Phi) is 4.52. The minimum atomic E-state index is -0.549. The molecule has 0 unspecified atom stereocenters. The number of hydrogen-bond acceptors (Lipinski definition) is 5. The molecule has 23 heavy (non-hydrogen) atoms. The second-order valence-corrected chi connectivity index (χ2v) is 5.89. The summed E-state index contributed by atoms with van der Waals surface area (Å²) < 4.78 is 0. The summed E-state index contributed by atoms with van der Waals surface area (Å²) >= 11 is 0. The number of primary amides is 1. The number of hydrogen-bond donors (Lipinski definition) is 1. The van der Waals surface area contributed by atoms with E-state index in [4.69, 9.17) is 5.73 Å². The molecular weight excluding hydrogens is 290 g/mol. The maximum atomic E-state index is 11.0. The average molecular weight is 311 g/mol. The average Bonchev–Trinajstić information content (AvgIpc) is 2.58. The van der Waals surface area contributed by atoms with Crippen LogP contribution in [-0.4, -0.2) is 47.2 Å². The SMILES string of the molecule is Cc1ccc(CN2CCN(c3ccc(C(N)=O)nn3)CC2)cc1. The number of amides is 1. The minimum absolute atomic E-state index is 0.201. The topological polar surface area (TPSA) is 75.3 Å². The fourth-order valence-electron chi connectivity index (χ4n) is 2.71. The first-order valence-corrected chi connectivity index (χ1v) is 7.78. The number of carbonyl (C=O) groups is 1. The van der Waals surface area contributed by atoms with Crippen molar-refractivity contribution in [2.45, 2.75) is 13.5 Å². The summed E-state index contributed by atoms with van der Waals surface area (Å²) in [6, 6.07) is 12.1. The summed E-state index contributed by atoms with van der Waals surface area (Å²) in [6.45, 7) is 6.83. The van der Waals surface area contributed by atoms with Gasteiger partial charge < -0.3 is 10.6 Å². The largest absolute Gasteiger partial charge is 0.364 e. The zero-order valence-corrected chi connectivity index (χ0v) is 13.3. The van der Waals surface area contributed by atoms with Gasteiger partial charge in [0.2, 0.25) is 0 Å². The van der Waals surface area contributed by atoms with Gasteiger partial charge in [-0.2, -0.15) is 0 Å². The molecule has 0 aliphatic carbocycles. The first-order valence-electron chi connectivity index (χ1n) is 7.78. The Labute approximate surface area is 135 Å². The zero-order chi connectivity index (χ0) is 16.2. The van der Waals surface area contributed by atoms with E-state index in [0.29, 0.717) is 0 Å². The van der Waals surface area contributed by atoms with Gasteiger partial charge in [0.15, 0.2) is 11.5 Å². The van der Waals surface area contributed by atoms with Crippen molar-refractivity contribution in [3.05, 3.63) is 53.2 Å². The van der Waals surface area contributed by atoms with Gasteiger partial charge >= 0.3 is 0 Å². The van der Waals surface area contributed by atoms with E-state index >= 15 is 0 Å². The van der Waals surface area contributed by atoms with Crippen LogP contribution in [0.3, 0.4) is 0 Å². The van der Waals surface area contributed by atoms with Crippen molar-refractivity contribution >= 4 is 11.7 Å². The van der Waals surface area contributed by atoms with Gasteiger partial charge in [-0.05, 0) is 24.6 Å². The molecule has 1 aromatic carbocycles. The third-order valence-electron chi connectivity index (χ3n) is 4.13. The third kappa shape index (κ3) is 3.84. The number of rotatable bonds is 4. The van der Waals surface area contributed by atoms with Crippen LogP contribution in [0.5, 0.6) is 0 Å². The molecule has 6 heteroatoms. The quantitative estimate of drug-likeness (QED) is 0.918. The Bertz CT molecular complexity index is 660.